The molecular weight excluding hydrogens is 558 g/mol. The summed E-state index contributed by atoms with van der Waals surface area (Å²) in [7, 11) is 0. The largest absolute Gasteiger partial charge is 0.208 e. The summed E-state index contributed by atoms with van der Waals surface area (Å²) in [6.45, 7) is 0. The zero-order valence-electron chi connectivity index (χ0n) is 24.9. The van der Waals surface area contributed by atoms with Crippen molar-refractivity contribution in [3.63, 3.8) is 0 Å². The van der Waals surface area contributed by atoms with Crippen molar-refractivity contribution in [2.24, 2.45) is 0 Å². The van der Waals surface area contributed by atoms with E-state index in [9.17, 15) is 0 Å². The van der Waals surface area contributed by atoms with E-state index in [2.05, 4.69) is 103 Å². The third-order valence-corrected chi connectivity index (χ3v) is 8.87. The molecule has 1 heterocycles. The Balaban J connectivity index is 1.24. The van der Waals surface area contributed by atoms with Crippen LogP contribution in [-0.2, 0) is 0 Å². The molecule has 0 saturated heterocycles. The second-order valence-electron chi connectivity index (χ2n) is 11.7. The molecule has 1 aromatic heterocycles. The highest BCUT2D eigenvalue weighted by atomic mass is 15.0. The van der Waals surface area contributed by atoms with Gasteiger partial charge in [-0.25, -0.2) is 15.0 Å². The van der Waals surface area contributed by atoms with E-state index in [1.54, 1.807) is 0 Å². The maximum atomic E-state index is 5.03. The number of fused-ring (bicyclic) bond motifs is 6. The topological polar surface area (TPSA) is 38.7 Å². The fourth-order valence-corrected chi connectivity index (χ4v) is 6.61. The van der Waals surface area contributed by atoms with Gasteiger partial charge in [0.25, 0.3) is 0 Å². The first-order chi connectivity index (χ1) is 22.8. The molecule has 0 radical (unpaired) electrons. The van der Waals surface area contributed by atoms with Crippen molar-refractivity contribution in [3.05, 3.63) is 164 Å². The average Bonchev–Trinajstić information content (AvgIpc) is 3.14. The molecule has 0 fully saturated rings. The lowest BCUT2D eigenvalue weighted by Crippen LogP contribution is -2.00. The van der Waals surface area contributed by atoms with Crippen LogP contribution in [0.5, 0.6) is 0 Å². The van der Waals surface area contributed by atoms with E-state index in [-0.39, 0.29) is 0 Å². The minimum Gasteiger partial charge on any atom is -0.208 e. The summed E-state index contributed by atoms with van der Waals surface area (Å²) in [5.41, 5.74) is 5.18. The van der Waals surface area contributed by atoms with Crippen molar-refractivity contribution in [1.29, 1.82) is 0 Å². The molecule has 9 rings (SSSR count). The summed E-state index contributed by atoms with van der Waals surface area (Å²) >= 11 is 0. The van der Waals surface area contributed by atoms with Gasteiger partial charge in [0, 0.05) is 16.7 Å². The molecule has 0 saturated carbocycles. The Hall–Kier alpha value is -6.19. The van der Waals surface area contributed by atoms with Crippen LogP contribution >= 0.6 is 0 Å². The molecule has 0 unspecified atom stereocenters. The molecule has 0 spiro atoms. The number of hydrogen-bond acceptors (Lipinski definition) is 3. The SMILES string of the molecule is c1ccc(-c2nc(-c3ccccc3)nc(-c3cc(-c4ccc5c(ccc6c7ccccc7ccc56)c4)c4ccccc4c3)n2)cc1. The fraction of sp³-hybridized carbons (Fsp3) is 0. The van der Waals surface area contributed by atoms with Crippen molar-refractivity contribution in [2.75, 3.05) is 0 Å². The van der Waals surface area contributed by atoms with Gasteiger partial charge in [-0.2, -0.15) is 0 Å². The molecule has 9 aromatic rings. The van der Waals surface area contributed by atoms with Gasteiger partial charge < -0.3 is 0 Å². The highest BCUT2D eigenvalue weighted by molar-refractivity contribution is 6.17. The molecule has 3 nitrogen and oxygen atoms in total. The first-order valence-corrected chi connectivity index (χ1v) is 15.5. The van der Waals surface area contributed by atoms with Crippen molar-refractivity contribution in [2.45, 2.75) is 0 Å². The highest BCUT2D eigenvalue weighted by Gasteiger charge is 2.15. The van der Waals surface area contributed by atoms with E-state index < -0.39 is 0 Å². The van der Waals surface area contributed by atoms with Crippen molar-refractivity contribution in [1.82, 2.24) is 15.0 Å². The van der Waals surface area contributed by atoms with Gasteiger partial charge in [0.15, 0.2) is 17.5 Å². The molecule has 3 heteroatoms. The first kappa shape index (κ1) is 26.2. The van der Waals surface area contributed by atoms with Crippen LogP contribution in [0, 0.1) is 0 Å². The molecule has 0 bridgehead atoms. The zero-order chi connectivity index (χ0) is 30.5. The third kappa shape index (κ3) is 4.49. The first-order valence-electron chi connectivity index (χ1n) is 15.5. The van der Waals surface area contributed by atoms with Crippen LogP contribution in [0.3, 0.4) is 0 Å². The van der Waals surface area contributed by atoms with E-state index >= 15 is 0 Å². The quantitative estimate of drug-likeness (QED) is 0.193. The fourth-order valence-electron chi connectivity index (χ4n) is 6.61. The minimum absolute atomic E-state index is 0.651. The van der Waals surface area contributed by atoms with Crippen molar-refractivity contribution in [3.8, 4) is 45.3 Å². The van der Waals surface area contributed by atoms with Crippen LogP contribution in [0.4, 0.5) is 0 Å². The standard InChI is InChI=1S/C43H27N3/c1-3-12-29(13-4-1)41-44-42(30-14-5-2-6-15-30)46-43(45-41)34-26-31-16-8-10-18-36(31)40(27-34)33-20-22-37-32(25-33)21-24-38-35-17-9-7-11-28(35)19-23-39(37)38/h1-27H. The molecule has 0 atom stereocenters. The monoisotopic (exact) mass is 585 g/mol. The lowest BCUT2D eigenvalue weighted by atomic mass is 9.92. The van der Waals surface area contributed by atoms with Gasteiger partial charge in [-0.1, -0.05) is 146 Å². The van der Waals surface area contributed by atoms with Crippen molar-refractivity contribution < 1.29 is 0 Å². The van der Waals surface area contributed by atoms with Crippen molar-refractivity contribution >= 4 is 43.1 Å². The van der Waals surface area contributed by atoms with Gasteiger partial charge in [0.2, 0.25) is 0 Å². The van der Waals surface area contributed by atoms with Gasteiger partial charge in [0.1, 0.15) is 0 Å². The van der Waals surface area contributed by atoms with E-state index in [4.69, 9.17) is 15.0 Å². The Morgan fingerprint density at radius 2 is 0.717 bits per heavy atom. The number of nitrogens with zero attached hydrogens (tertiary/aromatic N) is 3. The van der Waals surface area contributed by atoms with Gasteiger partial charge in [-0.3, -0.25) is 0 Å². The molecule has 0 aliphatic carbocycles. The molecule has 0 amide bonds. The van der Waals surface area contributed by atoms with Crippen LogP contribution in [0.1, 0.15) is 0 Å². The summed E-state index contributed by atoms with van der Waals surface area (Å²) < 4.78 is 0. The maximum absolute atomic E-state index is 5.03. The molecule has 0 N–H and O–H groups in total. The number of hydrogen-bond donors (Lipinski definition) is 0. The molecule has 0 aliphatic heterocycles. The number of benzene rings is 8. The maximum Gasteiger partial charge on any atom is 0.164 e. The van der Waals surface area contributed by atoms with E-state index in [1.165, 1.54) is 37.7 Å². The Morgan fingerprint density at radius 1 is 0.261 bits per heavy atom. The second-order valence-corrected chi connectivity index (χ2v) is 11.7. The lowest BCUT2D eigenvalue weighted by molar-refractivity contribution is 1.07. The molecule has 214 valence electrons. The summed E-state index contributed by atoms with van der Waals surface area (Å²) in [6, 6.07) is 57.7. The average molecular weight is 586 g/mol. The van der Waals surface area contributed by atoms with Crippen LogP contribution in [0.25, 0.3) is 88.4 Å². The van der Waals surface area contributed by atoms with Gasteiger partial charge in [-0.15, -0.1) is 0 Å². The summed E-state index contributed by atoms with van der Waals surface area (Å²) in [5, 5.41) is 9.90. The highest BCUT2D eigenvalue weighted by Crippen LogP contribution is 2.38. The Kier molecular flexibility index (Phi) is 6.14. The normalized spacial score (nSPS) is 11.5. The Morgan fingerprint density at radius 3 is 1.39 bits per heavy atom. The van der Waals surface area contributed by atoms with Crippen LogP contribution < -0.4 is 0 Å². The predicted octanol–water partition coefficient (Wildman–Crippen LogP) is 11.2. The van der Waals surface area contributed by atoms with Crippen LogP contribution in [-0.4, -0.2) is 15.0 Å². The van der Waals surface area contributed by atoms with E-state index in [0.29, 0.717) is 17.5 Å². The van der Waals surface area contributed by atoms with E-state index in [0.717, 1.165) is 33.2 Å². The van der Waals surface area contributed by atoms with Crippen LogP contribution in [0.15, 0.2) is 164 Å². The zero-order valence-corrected chi connectivity index (χ0v) is 24.9. The Bertz CT molecular complexity index is 2520. The molecule has 46 heavy (non-hydrogen) atoms. The predicted molar refractivity (Wildman–Crippen MR) is 192 cm³/mol. The van der Waals surface area contributed by atoms with Gasteiger partial charge in [-0.05, 0) is 72.4 Å². The third-order valence-electron chi connectivity index (χ3n) is 8.87. The summed E-state index contributed by atoms with van der Waals surface area (Å²) in [6.07, 6.45) is 0. The lowest BCUT2D eigenvalue weighted by Gasteiger charge is -2.14. The summed E-state index contributed by atoms with van der Waals surface area (Å²) in [5.74, 6) is 1.96. The Labute approximate surface area is 266 Å². The molecule has 0 aliphatic rings. The van der Waals surface area contributed by atoms with E-state index in [1.807, 2.05) is 60.7 Å². The number of aromatic nitrogens is 3. The molecule has 8 aromatic carbocycles. The summed E-state index contributed by atoms with van der Waals surface area (Å²) in [4.78, 5) is 15.0. The minimum atomic E-state index is 0.651. The number of rotatable bonds is 4. The molecular formula is C43H27N3. The smallest absolute Gasteiger partial charge is 0.164 e. The van der Waals surface area contributed by atoms with Gasteiger partial charge >= 0.3 is 0 Å². The van der Waals surface area contributed by atoms with Gasteiger partial charge in [0.05, 0.1) is 0 Å². The van der Waals surface area contributed by atoms with Crippen LogP contribution in [0.2, 0.25) is 0 Å². The second kappa shape index (κ2) is 10.8.